The fourth-order valence-electron chi connectivity index (χ4n) is 4.38. The number of fused-ring (bicyclic) bond motifs is 1. The first-order valence-corrected chi connectivity index (χ1v) is 12.2. The molecule has 186 valence electrons. The monoisotopic (exact) mass is 497 g/mol. The van der Waals surface area contributed by atoms with Gasteiger partial charge in [0, 0.05) is 30.9 Å². The summed E-state index contributed by atoms with van der Waals surface area (Å²) in [6.07, 6.45) is 4.80. The third-order valence-corrected chi connectivity index (χ3v) is 6.20. The van der Waals surface area contributed by atoms with E-state index in [0.29, 0.717) is 18.1 Å². The van der Waals surface area contributed by atoms with Gasteiger partial charge in [0.25, 0.3) is 0 Å². The zero-order valence-electron chi connectivity index (χ0n) is 20.8. The van der Waals surface area contributed by atoms with Crippen LogP contribution in [0, 0.1) is 0 Å². The molecule has 1 N–H and O–H groups in total. The number of amides is 2. The summed E-state index contributed by atoms with van der Waals surface area (Å²) in [7, 11) is 0. The number of nitrogens with zero attached hydrogens (tertiary/aromatic N) is 4. The average molecular weight is 498 g/mol. The molecule has 2 amide bonds. The van der Waals surface area contributed by atoms with Crippen LogP contribution in [-0.4, -0.2) is 55.5 Å². The van der Waals surface area contributed by atoms with E-state index in [-0.39, 0.29) is 11.8 Å². The number of hydrogen-bond acceptors (Lipinski definition) is 5. The Morgan fingerprint density at radius 2 is 1.91 bits per heavy atom. The molecule has 4 rings (SSSR count). The van der Waals surface area contributed by atoms with Gasteiger partial charge in [0.2, 0.25) is 5.91 Å². The minimum absolute atomic E-state index is 0.0905. The maximum atomic E-state index is 13.3. The molecule has 35 heavy (non-hydrogen) atoms. The quantitative estimate of drug-likeness (QED) is 0.544. The van der Waals surface area contributed by atoms with Crippen LogP contribution in [0.4, 0.5) is 4.79 Å². The lowest BCUT2D eigenvalue weighted by molar-refractivity contribution is -0.138. The largest absolute Gasteiger partial charge is 0.444 e. The first kappa shape index (κ1) is 25.0. The average Bonchev–Trinajstić information content (AvgIpc) is 3.20. The molecule has 9 heteroatoms. The Kier molecular flexibility index (Phi) is 6.77. The van der Waals surface area contributed by atoms with E-state index in [1.807, 2.05) is 45.8 Å². The summed E-state index contributed by atoms with van der Waals surface area (Å²) in [5.74, 6) is -0.0478. The first-order valence-electron chi connectivity index (χ1n) is 11.8. The Labute approximate surface area is 210 Å². The summed E-state index contributed by atoms with van der Waals surface area (Å²) in [5, 5.41) is 3.35. The summed E-state index contributed by atoms with van der Waals surface area (Å²) in [6.45, 7) is 9.96. The van der Waals surface area contributed by atoms with Crippen LogP contribution in [0.5, 0.6) is 0 Å². The van der Waals surface area contributed by atoms with Crippen molar-refractivity contribution in [3.05, 3.63) is 53.4 Å². The molecule has 1 aliphatic heterocycles. The molecule has 3 aromatic heterocycles. The molecule has 4 heterocycles. The topological polar surface area (TPSA) is 88.8 Å². The highest BCUT2D eigenvalue weighted by molar-refractivity contribution is 6.30. The molecule has 0 aromatic carbocycles. The second kappa shape index (κ2) is 9.49. The van der Waals surface area contributed by atoms with Gasteiger partial charge in [-0.25, -0.2) is 9.78 Å². The van der Waals surface area contributed by atoms with Crippen molar-refractivity contribution < 1.29 is 14.3 Å². The summed E-state index contributed by atoms with van der Waals surface area (Å²) in [6, 6.07) is 9.62. The van der Waals surface area contributed by atoms with Gasteiger partial charge in [0.1, 0.15) is 16.8 Å². The third kappa shape index (κ3) is 5.75. The molecule has 8 nitrogen and oxygen atoms in total. The van der Waals surface area contributed by atoms with E-state index in [9.17, 15) is 9.59 Å². The predicted molar refractivity (Wildman–Crippen MR) is 135 cm³/mol. The predicted octanol–water partition coefficient (Wildman–Crippen LogP) is 5.06. The van der Waals surface area contributed by atoms with Crippen molar-refractivity contribution in [3.8, 4) is 11.4 Å². The standard InChI is InChI=1S/C26H32ClN5O3/c1-25(2,3)35-24(34)30-26(4,5)23(33)31-13-7-8-17(15-31)19-9-6-10-20(29-19)21-14-28-22-12-11-18(27)16-32(21)22/h6,9-12,14,16-17H,7-8,13,15H2,1-5H3,(H,30,34)/t17-/m1/s1. The van der Waals surface area contributed by atoms with Crippen LogP contribution < -0.4 is 5.32 Å². The highest BCUT2D eigenvalue weighted by atomic mass is 35.5. The number of hydrogen-bond donors (Lipinski definition) is 1. The van der Waals surface area contributed by atoms with E-state index in [1.54, 1.807) is 40.8 Å². The van der Waals surface area contributed by atoms with Gasteiger partial charge in [0.05, 0.1) is 22.6 Å². The molecule has 0 aliphatic carbocycles. The van der Waals surface area contributed by atoms with Crippen molar-refractivity contribution in [1.29, 1.82) is 0 Å². The van der Waals surface area contributed by atoms with Gasteiger partial charge in [-0.2, -0.15) is 0 Å². The zero-order valence-corrected chi connectivity index (χ0v) is 21.6. The smallest absolute Gasteiger partial charge is 0.408 e. The van der Waals surface area contributed by atoms with Crippen molar-refractivity contribution in [3.63, 3.8) is 0 Å². The van der Waals surface area contributed by atoms with E-state index in [2.05, 4.69) is 10.3 Å². The van der Waals surface area contributed by atoms with Gasteiger partial charge in [-0.3, -0.25) is 14.2 Å². The Morgan fingerprint density at radius 3 is 2.66 bits per heavy atom. The lowest BCUT2D eigenvalue weighted by Crippen LogP contribution is -2.58. The van der Waals surface area contributed by atoms with Crippen LogP contribution >= 0.6 is 11.6 Å². The number of likely N-dealkylation sites (tertiary alicyclic amines) is 1. The number of alkyl carbamates (subject to hydrolysis) is 1. The van der Waals surface area contributed by atoms with Gasteiger partial charge in [-0.15, -0.1) is 0 Å². The molecule has 1 saturated heterocycles. The number of imidazole rings is 1. The second-order valence-electron chi connectivity index (χ2n) is 10.5. The van der Waals surface area contributed by atoms with Crippen LogP contribution in [0.3, 0.4) is 0 Å². The third-order valence-electron chi connectivity index (χ3n) is 5.98. The fraction of sp³-hybridized carbons (Fsp3) is 0.462. The normalized spacial score (nSPS) is 16.9. The summed E-state index contributed by atoms with van der Waals surface area (Å²) >= 11 is 6.19. The van der Waals surface area contributed by atoms with Gasteiger partial charge in [-0.05, 0) is 71.7 Å². The van der Waals surface area contributed by atoms with Crippen molar-refractivity contribution >= 4 is 29.2 Å². The van der Waals surface area contributed by atoms with Gasteiger partial charge in [-0.1, -0.05) is 17.7 Å². The first-order chi connectivity index (χ1) is 16.4. The van der Waals surface area contributed by atoms with Crippen molar-refractivity contribution in [2.24, 2.45) is 0 Å². The molecule has 0 spiro atoms. The van der Waals surface area contributed by atoms with Gasteiger partial charge >= 0.3 is 6.09 Å². The second-order valence-corrected chi connectivity index (χ2v) is 10.9. The Bertz CT molecular complexity index is 1250. The van der Waals surface area contributed by atoms with Crippen LogP contribution in [0.25, 0.3) is 17.0 Å². The van der Waals surface area contributed by atoms with Crippen LogP contribution in [-0.2, 0) is 9.53 Å². The number of nitrogens with one attached hydrogen (secondary N) is 1. The zero-order chi connectivity index (χ0) is 25.4. The minimum atomic E-state index is -1.09. The molecule has 0 bridgehead atoms. The van der Waals surface area contributed by atoms with E-state index >= 15 is 0 Å². The molecule has 0 unspecified atom stereocenters. The van der Waals surface area contributed by atoms with Crippen LogP contribution in [0.15, 0.2) is 42.7 Å². The number of rotatable bonds is 4. The maximum absolute atomic E-state index is 13.3. The van der Waals surface area contributed by atoms with Crippen LogP contribution in [0.1, 0.15) is 59.1 Å². The number of halogens is 1. The van der Waals surface area contributed by atoms with Crippen molar-refractivity contribution in [1.82, 2.24) is 24.6 Å². The number of aromatic nitrogens is 3. The lowest BCUT2D eigenvalue weighted by atomic mass is 9.92. The van der Waals surface area contributed by atoms with Gasteiger partial charge in [0.15, 0.2) is 0 Å². The summed E-state index contributed by atoms with van der Waals surface area (Å²) in [4.78, 5) is 36.8. The molecular weight excluding hydrogens is 466 g/mol. The van der Waals surface area contributed by atoms with E-state index in [4.69, 9.17) is 21.3 Å². The maximum Gasteiger partial charge on any atom is 0.408 e. The highest BCUT2D eigenvalue weighted by Gasteiger charge is 2.37. The molecule has 3 aromatic rings. The molecule has 1 aliphatic rings. The fourth-order valence-corrected chi connectivity index (χ4v) is 4.54. The molecule has 0 radical (unpaired) electrons. The van der Waals surface area contributed by atoms with E-state index in [1.165, 1.54) is 0 Å². The number of carbonyl (C=O) groups is 2. The Balaban J connectivity index is 1.51. The highest BCUT2D eigenvalue weighted by Crippen LogP contribution is 2.29. The SMILES string of the molecule is CC(C)(C)OC(=O)NC(C)(C)C(=O)N1CCC[C@@H](c2cccc(-c3cnc4ccc(Cl)cn34)n2)C1. The van der Waals surface area contributed by atoms with Crippen LogP contribution in [0.2, 0.25) is 5.02 Å². The lowest BCUT2D eigenvalue weighted by Gasteiger charge is -2.38. The van der Waals surface area contributed by atoms with E-state index in [0.717, 1.165) is 35.6 Å². The Morgan fingerprint density at radius 1 is 1.14 bits per heavy atom. The van der Waals surface area contributed by atoms with Gasteiger partial charge < -0.3 is 15.0 Å². The number of pyridine rings is 2. The van der Waals surface area contributed by atoms with Crippen molar-refractivity contribution in [2.75, 3.05) is 13.1 Å². The number of ether oxygens (including phenoxy) is 1. The summed E-state index contributed by atoms with van der Waals surface area (Å²) in [5.41, 5.74) is 1.65. The molecule has 1 fully saturated rings. The summed E-state index contributed by atoms with van der Waals surface area (Å²) < 4.78 is 7.27. The molecular formula is C26H32ClN5O3. The molecule has 0 saturated carbocycles. The Hall–Kier alpha value is -3.13. The molecule has 1 atom stereocenters. The van der Waals surface area contributed by atoms with E-state index < -0.39 is 17.2 Å². The number of carbonyl (C=O) groups excluding carboxylic acids is 2. The number of piperidine rings is 1. The van der Waals surface area contributed by atoms with Crippen molar-refractivity contribution in [2.45, 2.75) is 64.5 Å². The minimum Gasteiger partial charge on any atom is -0.444 e.